The van der Waals surface area contributed by atoms with Crippen molar-refractivity contribution in [3.8, 4) is 5.69 Å². The van der Waals surface area contributed by atoms with E-state index in [1.807, 2.05) is 19.1 Å². The number of hydrogen-bond donors (Lipinski definition) is 1. The number of ether oxygens (including phenoxy) is 1. The second-order valence-corrected chi connectivity index (χ2v) is 5.50. The molecule has 0 unspecified atom stereocenters. The van der Waals surface area contributed by atoms with Crippen molar-refractivity contribution in [3.63, 3.8) is 0 Å². The zero-order chi connectivity index (χ0) is 14.8. The topological polar surface area (TPSA) is 39.1 Å². The number of nitrogens with one attached hydrogen (secondary N) is 1. The van der Waals surface area contributed by atoms with E-state index in [4.69, 9.17) is 4.74 Å². The fourth-order valence-corrected chi connectivity index (χ4v) is 2.74. The highest BCUT2D eigenvalue weighted by Crippen LogP contribution is 2.21. The first-order valence-electron chi connectivity index (χ1n) is 7.28. The standard InChI is InChI=1S/C16H20FN3O/c1-11(19-14-5-8-21-10-14)13-3-4-16(15(17)9-13)20-7-6-18-12(20)2/h3-4,6-7,9,11,14,19H,5,8,10H2,1-2H3/t11-,14-/m1/s1. The van der Waals surface area contributed by atoms with Crippen LogP contribution in [-0.2, 0) is 4.74 Å². The molecule has 5 heteroatoms. The van der Waals surface area contributed by atoms with Crippen molar-refractivity contribution in [3.05, 3.63) is 47.8 Å². The molecule has 0 bridgehead atoms. The maximum atomic E-state index is 14.4. The van der Waals surface area contributed by atoms with Crippen LogP contribution in [0, 0.1) is 12.7 Å². The van der Waals surface area contributed by atoms with Crippen LogP contribution in [-0.4, -0.2) is 28.8 Å². The summed E-state index contributed by atoms with van der Waals surface area (Å²) in [5, 5.41) is 3.48. The number of aryl methyl sites for hydroxylation is 1. The van der Waals surface area contributed by atoms with E-state index >= 15 is 0 Å². The fraction of sp³-hybridized carbons (Fsp3) is 0.438. The minimum Gasteiger partial charge on any atom is -0.380 e. The molecule has 1 aromatic carbocycles. The Morgan fingerprint density at radius 2 is 2.33 bits per heavy atom. The van der Waals surface area contributed by atoms with Crippen LogP contribution in [0.2, 0.25) is 0 Å². The van der Waals surface area contributed by atoms with E-state index in [0.717, 1.165) is 31.0 Å². The molecule has 0 amide bonds. The summed E-state index contributed by atoms with van der Waals surface area (Å²) in [6.07, 6.45) is 4.46. The van der Waals surface area contributed by atoms with E-state index in [1.54, 1.807) is 23.0 Å². The van der Waals surface area contributed by atoms with Crippen molar-refractivity contribution in [1.82, 2.24) is 14.9 Å². The summed E-state index contributed by atoms with van der Waals surface area (Å²) in [5.74, 6) is 0.542. The average Bonchev–Trinajstić information content (AvgIpc) is 3.10. The Bertz CT molecular complexity index is 620. The molecular weight excluding hydrogens is 269 g/mol. The fourth-order valence-electron chi connectivity index (χ4n) is 2.74. The number of halogens is 1. The molecule has 0 aliphatic carbocycles. The van der Waals surface area contributed by atoms with Crippen LogP contribution in [0.15, 0.2) is 30.6 Å². The van der Waals surface area contributed by atoms with Gasteiger partial charge in [-0.1, -0.05) is 6.07 Å². The van der Waals surface area contributed by atoms with Crippen molar-refractivity contribution >= 4 is 0 Å². The van der Waals surface area contributed by atoms with E-state index in [0.29, 0.717) is 11.7 Å². The zero-order valence-electron chi connectivity index (χ0n) is 12.3. The third-order valence-corrected chi connectivity index (χ3v) is 3.97. The first-order valence-corrected chi connectivity index (χ1v) is 7.28. The van der Waals surface area contributed by atoms with Crippen LogP contribution in [0.3, 0.4) is 0 Å². The van der Waals surface area contributed by atoms with Crippen molar-refractivity contribution in [1.29, 1.82) is 0 Å². The summed E-state index contributed by atoms with van der Waals surface area (Å²) in [4.78, 5) is 4.13. The summed E-state index contributed by atoms with van der Waals surface area (Å²) in [6, 6.07) is 5.83. The molecule has 2 aromatic rings. The van der Waals surface area contributed by atoms with Gasteiger partial charge in [-0.05, 0) is 38.0 Å². The third kappa shape index (κ3) is 2.99. The van der Waals surface area contributed by atoms with Gasteiger partial charge >= 0.3 is 0 Å². The highest BCUT2D eigenvalue weighted by molar-refractivity contribution is 5.38. The van der Waals surface area contributed by atoms with Gasteiger partial charge in [-0.25, -0.2) is 9.37 Å². The molecule has 1 aliphatic rings. The first-order chi connectivity index (χ1) is 10.1. The molecule has 1 N–H and O–H groups in total. The van der Waals surface area contributed by atoms with Gasteiger partial charge in [0, 0.05) is 31.1 Å². The quantitative estimate of drug-likeness (QED) is 0.940. The monoisotopic (exact) mass is 289 g/mol. The molecule has 0 saturated carbocycles. The number of hydrogen-bond acceptors (Lipinski definition) is 3. The Kier molecular flexibility index (Phi) is 4.03. The van der Waals surface area contributed by atoms with Crippen molar-refractivity contribution in [2.24, 2.45) is 0 Å². The second kappa shape index (κ2) is 5.95. The van der Waals surface area contributed by atoms with Crippen molar-refractivity contribution in [2.45, 2.75) is 32.4 Å². The minimum absolute atomic E-state index is 0.101. The van der Waals surface area contributed by atoms with E-state index in [1.165, 1.54) is 0 Å². The predicted octanol–water partition coefficient (Wildman–Crippen LogP) is 2.76. The van der Waals surface area contributed by atoms with Crippen LogP contribution in [0.4, 0.5) is 4.39 Å². The number of benzene rings is 1. The van der Waals surface area contributed by atoms with Crippen molar-refractivity contribution < 1.29 is 9.13 Å². The number of rotatable bonds is 4. The van der Waals surface area contributed by atoms with Gasteiger partial charge in [0.2, 0.25) is 0 Å². The summed E-state index contributed by atoms with van der Waals surface area (Å²) in [5.41, 5.74) is 1.48. The summed E-state index contributed by atoms with van der Waals surface area (Å²) < 4.78 is 21.5. The summed E-state index contributed by atoms with van der Waals surface area (Å²) in [6.45, 7) is 5.45. The maximum absolute atomic E-state index is 14.4. The second-order valence-electron chi connectivity index (χ2n) is 5.50. The molecule has 3 rings (SSSR count). The van der Waals surface area contributed by atoms with Gasteiger partial charge in [-0.15, -0.1) is 0 Å². The molecule has 1 aliphatic heterocycles. The number of nitrogens with zero attached hydrogens (tertiary/aromatic N) is 2. The molecule has 112 valence electrons. The highest BCUT2D eigenvalue weighted by Gasteiger charge is 2.19. The molecule has 1 fully saturated rings. The Hall–Kier alpha value is -1.72. The van der Waals surface area contributed by atoms with E-state index in [9.17, 15) is 4.39 Å². The van der Waals surface area contributed by atoms with Gasteiger partial charge in [0.1, 0.15) is 11.6 Å². The van der Waals surface area contributed by atoms with Gasteiger partial charge < -0.3 is 14.6 Å². The smallest absolute Gasteiger partial charge is 0.147 e. The highest BCUT2D eigenvalue weighted by atomic mass is 19.1. The molecule has 2 heterocycles. The maximum Gasteiger partial charge on any atom is 0.147 e. The van der Waals surface area contributed by atoms with Crippen LogP contribution in [0.5, 0.6) is 0 Å². The Labute approximate surface area is 124 Å². The normalized spacial score (nSPS) is 19.9. The molecule has 0 radical (unpaired) electrons. The lowest BCUT2D eigenvalue weighted by atomic mass is 10.1. The SMILES string of the molecule is Cc1nccn1-c1ccc([C@@H](C)N[C@@H]2CCOC2)cc1F. The molecule has 0 spiro atoms. The first kappa shape index (κ1) is 14.2. The average molecular weight is 289 g/mol. The Balaban J connectivity index is 1.79. The van der Waals surface area contributed by atoms with Crippen LogP contribution >= 0.6 is 0 Å². The van der Waals surface area contributed by atoms with Gasteiger partial charge in [0.15, 0.2) is 0 Å². The van der Waals surface area contributed by atoms with Crippen molar-refractivity contribution in [2.75, 3.05) is 13.2 Å². The lowest BCUT2D eigenvalue weighted by Crippen LogP contribution is -2.31. The van der Waals surface area contributed by atoms with Gasteiger partial charge in [-0.2, -0.15) is 0 Å². The van der Waals surface area contributed by atoms with E-state index < -0.39 is 0 Å². The van der Waals surface area contributed by atoms with Gasteiger partial charge in [-0.3, -0.25) is 0 Å². The van der Waals surface area contributed by atoms with Crippen LogP contribution < -0.4 is 5.32 Å². The number of imidazole rings is 1. The Morgan fingerprint density at radius 3 is 2.95 bits per heavy atom. The predicted molar refractivity (Wildman–Crippen MR) is 79.0 cm³/mol. The van der Waals surface area contributed by atoms with E-state index in [-0.39, 0.29) is 11.9 Å². The summed E-state index contributed by atoms with van der Waals surface area (Å²) >= 11 is 0. The summed E-state index contributed by atoms with van der Waals surface area (Å²) in [7, 11) is 0. The molecule has 1 saturated heterocycles. The largest absolute Gasteiger partial charge is 0.380 e. The lowest BCUT2D eigenvalue weighted by molar-refractivity contribution is 0.188. The minimum atomic E-state index is -0.232. The zero-order valence-corrected chi connectivity index (χ0v) is 12.3. The van der Waals surface area contributed by atoms with Crippen LogP contribution in [0.1, 0.15) is 30.8 Å². The molecular formula is C16H20FN3O. The van der Waals surface area contributed by atoms with E-state index in [2.05, 4.69) is 17.2 Å². The third-order valence-electron chi connectivity index (χ3n) is 3.97. The Morgan fingerprint density at radius 1 is 1.48 bits per heavy atom. The molecule has 1 aromatic heterocycles. The number of aromatic nitrogens is 2. The van der Waals surface area contributed by atoms with Gasteiger partial charge in [0.05, 0.1) is 12.3 Å². The molecule has 4 nitrogen and oxygen atoms in total. The molecule has 21 heavy (non-hydrogen) atoms. The lowest BCUT2D eigenvalue weighted by Gasteiger charge is -2.19. The van der Waals surface area contributed by atoms with Crippen LogP contribution in [0.25, 0.3) is 5.69 Å². The molecule has 2 atom stereocenters. The van der Waals surface area contributed by atoms with Gasteiger partial charge in [0.25, 0.3) is 0 Å².